The fourth-order valence-electron chi connectivity index (χ4n) is 5.50. The summed E-state index contributed by atoms with van der Waals surface area (Å²) in [5.41, 5.74) is 5.60. The van der Waals surface area contributed by atoms with Gasteiger partial charge >= 0.3 is 0 Å². The summed E-state index contributed by atoms with van der Waals surface area (Å²) in [5.74, 6) is 2.26. The Morgan fingerprint density at radius 2 is 1.57 bits per heavy atom. The third-order valence-electron chi connectivity index (χ3n) is 7.45. The molecule has 0 bridgehead atoms. The van der Waals surface area contributed by atoms with Gasteiger partial charge in [-0.25, -0.2) is 4.98 Å². The van der Waals surface area contributed by atoms with Gasteiger partial charge in [0.2, 0.25) is 12.7 Å². The molecule has 35 heavy (non-hydrogen) atoms. The number of hydrogen-bond acceptors (Lipinski definition) is 6. The molecule has 0 saturated heterocycles. The molecular formula is C28H37N3O4. The van der Waals surface area contributed by atoms with Crippen molar-refractivity contribution in [1.29, 1.82) is 0 Å². The van der Waals surface area contributed by atoms with Crippen molar-refractivity contribution in [2.75, 3.05) is 40.6 Å². The summed E-state index contributed by atoms with van der Waals surface area (Å²) < 4.78 is 16.8. The van der Waals surface area contributed by atoms with E-state index in [1.54, 1.807) is 7.11 Å². The molecule has 7 heteroatoms. The van der Waals surface area contributed by atoms with E-state index in [-0.39, 0.29) is 5.91 Å². The molecule has 0 radical (unpaired) electrons. The molecule has 1 aromatic heterocycles. The summed E-state index contributed by atoms with van der Waals surface area (Å²) in [4.78, 5) is 22.7. The van der Waals surface area contributed by atoms with Gasteiger partial charge in [0.05, 0.1) is 7.11 Å². The molecule has 0 saturated carbocycles. The molecule has 2 aliphatic heterocycles. The van der Waals surface area contributed by atoms with E-state index in [9.17, 15) is 4.79 Å². The lowest BCUT2D eigenvalue weighted by Crippen LogP contribution is -2.34. The average Bonchev–Trinajstić information content (AvgIpc) is 3.51. The molecule has 2 aromatic rings. The standard InChI is InChI=1S/C28H37N3O4/c1-30-12-6-7-14-31(28(32)23-15-21-10-8-11-24(21)29-27(23)33-2)13-5-3-4-9-20-16-25-26(35-19-34-25)17-22(20)18-30/h15-17H,3-14,18-19H2,1-2H3. The van der Waals surface area contributed by atoms with E-state index >= 15 is 0 Å². The second-order valence-corrected chi connectivity index (χ2v) is 10.0. The van der Waals surface area contributed by atoms with Crippen molar-refractivity contribution in [1.82, 2.24) is 14.8 Å². The molecule has 0 spiro atoms. The maximum atomic E-state index is 13.6. The summed E-state index contributed by atoms with van der Waals surface area (Å²) in [7, 11) is 3.79. The number of benzene rings is 1. The van der Waals surface area contributed by atoms with E-state index in [1.807, 2.05) is 11.0 Å². The highest BCUT2D eigenvalue weighted by molar-refractivity contribution is 5.96. The fourth-order valence-corrected chi connectivity index (χ4v) is 5.50. The zero-order chi connectivity index (χ0) is 24.2. The topological polar surface area (TPSA) is 64.1 Å². The minimum absolute atomic E-state index is 0.0579. The fraction of sp³-hybridized carbons (Fsp3) is 0.571. The second-order valence-electron chi connectivity index (χ2n) is 10.0. The van der Waals surface area contributed by atoms with Gasteiger partial charge in [-0.3, -0.25) is 4.79 Å². The Balaban J connectivity index is 1.30. The number of carbonyl (C=O) groups excluding carboxylic acids is 1. The molecule has 1 aliphatic carbocycles. The Labute approximate surface area is 208 Å². The van der Waals surface area contributed by atoms with Crippen LogP contribution in [0.5, 0.6) is 17.4 Å². The van der Waals surface area contributed by atoms with Gasteiger partial charge in [-0.15, -0.1) is 0 Å². The number of pyridine rings is 1. The van der Waals surface area contributed by atoms with Crippen LogP contribution in [0.25, 0.3) is 0 Å². The number of hydrogen-bond donors (Lipinski definition) is 0. The van der Waals surface area contributed by atoms with Crippen molar-refractivity contribution in [3.05, 3.63) is 46.1 Å². The van der Waals surface area contributed by atoms with Gasteiger partial charge in [-0.05, 0) is 99.8 Å². The smallest absolute Gasteiger partial charge is 0.259 e. The summed E-state index contributed by atoms with van der Waals surface area (Å²) in [6.45, 7) is 3.72. The average molecular weight is 480 g/mol. The molecule has 5 rings (SSSR count). The highest BCUT2D eigenvalue weighted by atomic mass is 16.7. The number of nitrogens with zero attached hydrogens (tertiary/aromatic N) is 3. The van der Waals surface area contributed by atoms with Gasteiger partial charge in [-0.2, -0.15) is 0 Å². The van der Waals surface area contributed by atoms with Crippen LogP contribution >= 0.6 is 0 Å². The Bertz CT molecular complexity index is 1070. The number of ether oxygens (including phenoxy) is 3. The van der Waals surface area contributed by atoms with Crippen LogP contribution in [0, 0.1) is 0 Å². The van der Waals surface area contributed by atoms with Crippen LogP contribution < -0.4 is 14.2 Å². The predicted molar refractivity (Wildman–Crippen MR) is 134 cm³/mol. The Morgan fingerprint density at radius 3 is 2.37 bits per heavy atom. The third kappa shape index (κ3) is 5.40. The molecular weight excluding hydrogens is 442 g/mol. The number of methoxy groups -OCH3 is 1. The number of fused-ring (bicyclic) bond motifs is 3. The van der Waals surface area contributed by atoms with E-state index in [0.29, 0.717) is 18.2 Å². The van der Waals surface area contributed by atoms with Crippen LogP contribution in [-0.2, 0) is 25.8 Å². The zero-order valence-electron chi connectivity index (χ0n) is 21.1. The Hall–Kier alpha value is -2.80. The highest BCUT2D eigenvalue weighted by Gasteiger charge is 2.25. The van der Waals surface area contributed by atoms with Crippen molar-refractivity contribution in [2.45, 2.75) is 64.3 Å². The Morgan fingerprint density at radius 1 is 0.857 bits per heavy atom. The lowest BCUT2D eigenvalue weighted by atomic mass is 9.99. The van der Waals surface area contributed by atoms with Crippen LogP contribution in [0.3, 0.4) is 0 Å². The molecule has 3 aliphatic rings. The molecule has 0 unspecified atom stereocenters. The van der Waals surface area contributed by atoms with Gasteiger partial charge in [0.25, 0.3) is 5.91 Å². The van der Waals surface area contributed by atoms with Crippen LogP contribution in [0.4, 0.5) is 0 Å². The molecule has 3 heterocycles. The van der Waals surface area contributed by atoms with Gasteiger partial charge < -0.3 is 24.0 Å². The first-order valence-corrected chi connectivity index (χ1v) is 13.1. The summed E-state index contributed by atoms with van der Waals surface area (Å²) in [6.07, 6.45) is 9.26. The van der Waals surface area contributed by atoms with Crippen LogP contribution in [0.15, 0.2) is 18.2 Å². The minimum atomic E-state index is 0.0579. The van der Waals surface area contributed by atoms with E-state index in [0.717, 1.165) is 101 Å². The molecule has 0 atom stereocenters. The molecule has 1 aromatic carbocycles. The third-order valence-corrected chi connectivity index (χ3v) is 7.45. The molecule has 7 nitrogen and oxygen atoms in total. The Kier molecular flexibility index (Phi) is 7.42. The SMILES string of the molecule is COc1nc2c(cc1C(=O)N1CCCCCc3cc4c(cc3CN(C)CCCC1)OCO4)CCC2. The number of aromatic nitrogens is 1. The van der Waals surface area contributed by atoms with Crippen molar-refractivity contribution < 1.29 is 19.0 Å². The number of carbonyl (C=O) groups is 1. The van der Waals surface area contributed by atoms with Crippen molar-refractivity contribution in [2.24, 2.45) is 0 Å². The van der Waals surface area contributed by atoms with Crippen molar-refractivity contribution in [3.8, 4) is 17.4 Å². The van der Waals surface area contributed by atoms with Crippen molar-refractivity contribution >= 4 is 5.91 Å². The summed E-state index contributed by atoms with van der Waals surface area (Å²) >= 11 is 0. The van der Waals surface area contributed by atoms with Gasteiger partial charge in [0.1, 0.15) is 5.56 Å². The minimum Gasteiger partial charge on any atom is -0.480 e. The van der Waals surface area contributed by atoms with Gasteiger partial charge in [0.15, 0.2) is 11.5 Å². The lowest BCUT2D eigenvalue weighted by Gasteiger charge is -2.25. The monoisotopic (exact) mass is 479 g/mol. The quantitative estimate of drug-likeness (QED) is 0.637. The van der Waals surface area contributed by atoms with Gasteiger partial charge in [-0.1, -0.05) is 6.42 Å². The highest BCUT2D eigenvalue weighted by Crippen LogP contribution is 2.36. The maximum absolute atomic E-state index is 13.6. The second kappa shape index (κ2) is 10.9. The molecule has 0 N–H and O–H groups in total. The van der Waals surface area contributed by atoms with Crippen molar-refractivity contribution in [3.63, 3.8) is 0 Å². The maximum Gasteiger partial charge on any atom is 0.259 e. The van der Waals surface area contributed by atoms with Gasteiger partial charge in [0, 0.05) is 25.3 Å². The van der Waals surface area contributed by atoms with E-state index in [1.165, 1.54) is 16.7 Å². The van der Waals surface area contributed by atoms with Crippen LogP contribution in [0.1, 0.15) is 71.3 Å². The first-order valence-electron chi connectivity index (χ1n) is 13.1. The molecule has 188 valence electrons. The zero-order valence-corrected chi connectivity index (χ0v) is 21.1. The summed E-state index contributed by atoms with van der Waals surface area (Å²) in [6, 6.07) is 6.37. The summed E-state index contributed by atoms with van der Waals surface area (Å²) in [5, 5.41) is 0. The molecule has 0 fully saturated rings. The molecule has 1 amide bonds. The van der Waals surface area contributed by atoms with E-state index in [4.69, 9.17) is 14.2 Å². The first kappa shape index (κ1) is 23.9. The lowest BCUT2D eigenvalue weighted by molar-refractivity contribution is 0.0743. The van der Waals surface area contributed by atoms with Crippen LogP contribution in [0.2, 0.25) is 0 Å². The number of amides is 1. The number of aryl methyl sites for hydroxylation is 3. The number of rotatable bonds is 2. The van der Waals surface area contributed by atoms with E-state index < -0.39 is 0 Å². The normalized spacial score (nSPS) is 19.1. The first-order chi connectivity index (χ1) is 17.1. The predicted octanol–water partition coefficient (Wildman–Crippen LogP) is 4.39. The van der Waals surface area contributed by atoms with Crippen LogP contribution in [-0.4, -0.2) is 61.3 Å². The van der Waals surface area contributed by atoms with E-state index in [2.05, 4.69) is 29.1 Å². The largest absolute Gasteiger partial charge is 0.480 e.